The summed E-state index contributed by atoms with van der Waals surface area (Å²) in [5.74, 6) is 0.255. The number of thiocarbonyl (C=S) groups is 1. The fourth-order valence-corrected chi connectivity index (χ4v) is 2.23. The van der Waals surface area contributed by atoms with Gasteiger partial charge in [0, 0.05) is 23.9 Å². The molecule has 0 radical (unpaired) electrons. The van der Waals surface area contributed by atoms with Gasteiger partial charge in [-0.1, -0.05) is 39.9 Å². The molecule has 0 aromatic heterocycles. The second kappa shape index (κ2) is 4.92. The average molecular weight is 256 g/mol. The van der Waals surface area contributed by atoms with Gasteiger partial charge in [0.05, 0.1) is 4.99 Å². The fourth-order valence-electron chi connectivity index (χ4n) is 2.03. The Labute approximate surface area is 110 Å². The summed E-state index contributed by atoms with van der Waals surface area (Å²) in [6.07, 6.45) is 2.64. The number of rotatable bonds is 3. The van der Waals surface area contributed by atoms with Gasteiger partial charge >= 0.3 is 0 Å². The van der Waals surface area contributed by atoms with Gasteiger partial charge in [0.25, 0.3) is 0 Å². The van der Waals surface area contributed by atoms with Gasteiger partial charge < -0.3 is 10.6 Å². The molecule has 0 aliphatic carbocycles. The van der Waals surface area contributed by atoms with E-state index in [0.29, 0.717) is 4.99 Å². The van der Waals surface area contributed by atoms with E-state index in [4.69, 9.17) is 18.0 Å². The predicted molar refractivity (Wildman–Crippen MR) is 74.8 cm³/mol. The second-order valence-electron chi connectivity index (χ2n) is 5.95. The first-order valence-electron chi connectivity index (χ1n) is 6.32. The molecule has 1 aliphatic rings. The number of amides is 1. The summed E-state index contributed by atoms with van der Waals surface area (Å²) in [6, 6.07) is 0. The number of carbonyl (C=O) groups excluding carboxylic acids is 1. The molecule has 1 aliphatic heterocycles. The molecule has 98 valence electrons. The third-order valence-electron chi connectivity index (χ3n) is 4.21. The zero-order valence-corrected chi connectivity index (χ0v) is 12.2. The van der Waals surface area contributed by atoms with Gasteiger partial charge in [0.15, 0.2) is 0 Å². The number of nitrogens with zero attached hydrogens (tertiary/aromatic N) is 1. The van der Waals surface area contributed by atoms with E-state index in [2.05, 4.69) is 13.8 Å². The summed E-state index contributed by atoms with van der Waals surface area (Å²) in [7, 11) is 0. The zero-order chi connectivity index (χ0) is 13.3. The van der Waals surface area contributed by atoms with Crippen LogP contribution in [0, 0.1) is 10.8 Å². The highest BCUT2D eigenvalue weighted by molar-refractivity contribution is 7.80. The van der Waals surface area contributed by atoms with Crippen LogP contribution in [-0.4, -0.2) is 28.9 Å². The monoisotopic (exact) mass is 256 g/mol. The Morgan fingerprint density at radius 1 is 1.41 bits per heavy atom. The van der Waals surface area contributed by atoms with Gasteiger partial charge in [0.2, 0.25) is 5.91 Å². The third kappa shape index (κ3) is 2.97. The maximum Gasteiger partial charge on any atom is 0.228 e. The van der Waals surface area contributed by atoms with E-state index in [1.54, 1.807) is 0 Å². The maximum atomic E-state index is 12.3. The smallest absolute Gasteiger partial charge is 0.228 e. The van der Waals surface area contributed by atoms with Crippen molar-refractivity contribution in [2.45, 2.75) is 47.0 Å². The van der Waals surface area contributed by atoms with Crippen molar-refractivity contribution < 1.29 is 4.79 Å². The van der Waals surface area contributed by atoms with Crippen LogP contribution in [0.2, 0.25) is 0 Å². The van der Waals surface area contributed by atoms with Crippen LogP contribution in [0.4, 0.5) is 0 Å². The van der Waals surface area contributed by atoms with Crippen LogP contribution in [0.5, 0.6) is 0 Å². The summed E-state index contributed by atoms with van der Waals surface area (Å²) in [5.41, 5.74) is 5.44. The van der Waals surface area contributed by atoms with Crippen LogP contribution in [0.25, 0.3) is 0 Å². The molecule has 0 atom stereocenters. The summed E-state index contributed by atoms with van der Waals surface area (Å²) in [6.45, 7) is 9.72. The normalized spacial score (nSPS) is 20.1. The van der Waals surface area contributed by atoms with Gasteiger partial charge in [-0.25, -0.2) is 0 Å². The van der Waals surface area contributed by atoms with Crippen LogP contribution < -0.4 is 5.73 Å². The van der Waals surface area contributed by atoms with Crippen molar-refractivity contribution >= 4 is 23.1 Å². The molecule has 0 spiro atoms. The summed E-state index contributed by atoms with van der Waals surface area (Å²) < 4.78 is 0. The van der Waals surface area contributed by atoms with Crippen LogP contribution in [0.3, 0.4) is 0 Å². The number of piperidine rings is 1. The standard InChI is InChI=1S/C13H24N2OS/c1-5-12(2,3)11(16)15-8-6-13(4,7-9-15)10(14)17/h5-9H2,1-4H3,(H2,14,17). The minimum Gasteiger partial charge on any atom is -0.393 e. The molecule has 3 nitrogen and oxygen atoms in total. The Kier molecular flexibility index (Phi) is 4.18. The first kappa shape index (κ1) is 14.4. The van der Waals surface area contributed by atoms with E-state index in [1.807, 2.05) is 18.7 Å². The van der Waals surface area contributed by atoms with Crippen molar-refractivity contribution in [1.82, 2.24) is 4.90 Å². The first-order chi connectivity index (χ1) is 7.73. The molecular weight excluding hydrogens is 232 g/mol. The average Bonchev–Trinajstić information content (AvgIpc) is 2.29. The van der Waals surface area contributed by atoms with Crippen LogP contribution in [0.1, 0.15) is 47.0 Å². The molecule has 0 aromatic rings. The predicted octanol–water partition coefficient (Wildman–Crippen LogP) is 2.34. The van der Waals surface area contributed by atoms with Crippen molar-refractivity contribution in [2.75, 3.05) is 13.1 Å². The number of likely N-dealkylation sites (tertiary alicyclic amines) is 1. The molecule has 1 rings (SSSR count). The fraction of sp³-hybridized carbons (Fsp3) is 0.846. The minimum absolute atomic E-state index is 0.0670. The Morgan fingerprint density at radius 3 is 2.24 bits per heavy atom. The number of hydrogen-bond donors (Lipinski definition) is 1. The Hall–Kier alpha value is -0.640. The molecule has 2 N–H and O–H groups in total. The van der Waals surface area contributed by atoms with Crippen LogP contribution >= 0.6 is 12.2 Å². The van der Waals surface area contributed by atoms with E-state index in [-0.39, 0.29) is 16.7 Å². The van der Waals surface area contributed by atoms with Gasteiger partial charge in [0.1, 0.15) is 0 Å². The Balaban J connectivity index is 2.65. The van der Waals surface area contributed by atoms with Gasteiger partial charge in [-0.3, -0.25) is 4.79 Å². The second-order valence-corrected chi connectivity index (χ2v) is 6.39. The molecule has 1 saturated heterocycles. The van der Waals surface area contributed by atoms with E-state index in [0.717, 1.165) is 32.4 Å². The van der Waals surface area contributed by atoms with E-state index in [1.165, 1.54) is 0 Å². The lowest BCUT2D eigenvalue weighted by Gasteiger charge is -2.41. The van der Waals surface area contributed by atoms with Crippen LogP contribution in [0.15, 0.2) is 0 Å². The lowest BCUT2D eigenvalue weighted by atomic mass is 9.79. The topological polar surface area (TPSA) is 46.3 Å². The van der Waals surface area contributed by atoms with E-state index >= 15 is 0 Å². The number of hydrogen-bond acceptors (Lipinski definition) is 2. The molecule has 1 fully saturated rings. The molecule has 0 unspecified atom stereocenters. The Morgan fingerprint density at radius 2 is 1.88 bits per heavy atom. The molecule has 1 heterocycles. The van der Waals surface area contributed by atoms with Gasteiger partial charge in [-0.2, -0.15) is 0 Å². The maximum absolute atomic E-state index is 12.3. The first-order valence-corrected chi connectivity index (χ1v) is 6.73. The summed E-state index contributed by atoms with van der Waals surface area (Å²) in [4.78, 5) is 14.8. The highest BCUT2D eigenvalue weighted by Crippen LogP contribution is 2.33. The number of nitrogens with two attached hydrogens (primary N) is 1. The molecule has 0 aromatic carbocycles. The van der Waals surface area contributed by atoms with Crippen molar-refractivity contribution in [3.8, 4) is 0 Å². The van der Waals surface area contributed by atoms with Crippen molar-refractivity contribution in [3.05, 3.63) is 0 Å². The molecule has 0 saturated carbocycles. The quantitative estimate of drug-likeness (QED) is 0.788. The SMILES string of the molecule is CCC(C)(C)C(=O)N1CCC(C)(C(N)=S)CC1. The van der Waals surface area contributed by atoms with Gasteiger partial charge in [-0.05, 0) is 19.3 Å². The summed E-state index contributed by atoms with van der Waals surface area (Å²) in [5, 5.41) is 0. The molecule has 0 bridgehead atoms. The van der Waals surface area contributed by atoms with Gasteiger partial charge in [-0.15, -0.1) is 0 Å². The molecule has 17 heavy (non-hydrogen) atoms. The van der Waals surface area contributed by atoms with E-state index in [9.17, 15) is 4.79 Å². The molecular formula is C13H24N2OS. The number of carbonyl (C=O) groups is 1. The minimum atomic E-state index is -0.253. The van der Waals surface area contributed by atoms with Crippen LogP contribution in [-0.2, 0) is 4.79 Å². The molecule has 4 heteroatoms. The van der Waals surface area contributed by atoms with Crippen molar-refractivity contribution in [2.24, 2.45) is 16.6 Å². The zero-order valence-electron chi connectivity index (χ0n) is 11.4. The third-order valence-corrected chi connectivity index (χ3v) is 4.70. The van der Waals surface area contributed by atoms with E-state index < -0.39 is 0 Å². The highest BCUT2D eigenvalue weighted by Gasteiger charge is 2.37. The highest BCUT2D eigenvalue weighted by atomic mass is 32.1. The lowest BCUT2D eigenvalue weighted by molar-refractivity contribution is -0.142. The molecule has 1 amide bonds. The largest absolute Gasteiger partial charge is 0.393 e. The van der Waals surface area contributed by atoms with Crippen molar-refractivity contribution in [1.29, 1.82) is 0 Å². The Bertz CT molecular complexity index is 317. The van der Waals surface area contributed by atoms with Crippen molar-refractivity contribution in [3.63, 3.8) is 0 Å². The summed E-state index contributed by atoms with van der Waals surface area (Å²) >= 11 is 5.10. The lowest BCUT2D eigenvalue weighted by Crippen LogP contribution is -2.49.